The molecule has 0 amide bonds. The van der Waals surface area contributed by atoms with Crippen molar-refractivity contribution in [3.05, 3.63) is 0 Å². The molecule has 0 heterocycles. The van der Waals surface area contributed by atoms with Gasteiger partial charge in [0, 0.05) is 6.61 Å². The molecule has 0 saturated heterocycles. The summed E-state index contributed by atoms with van der Waals surface area (Å²) < 4.78 is 4.60. The molecule has 0 fully saturated rings. The average molecular weight is 260 g/mol. The Morgan fingerprint density at radius 3 is 1.22 bits per heavy atom. The Kier molecular flexibility index (Phi) is 21.7. The van der Waals surface area contributed by atoms with E-state index in [4.69, 9.17) is 5.11 Å². The molecule has 0 aromatic heterocycles. The Morgan fingerprint density at radius 2 is 1.06 bits per heavy atom. The SMILES string of the molecule is CCCCCCCCCCCC.CCOC(C)O. The highest BCUT2D eigenvalue weighted by Gasteiger charge is 1.90. The quantitative estimate of drug-likeness (QED) is 0.404. The maximum absolute atomic E-state index is 8.33. The van der Waals surface area contributed by atoms with Gasteiger partial charge >= 0.3 is 0 Å². The fourth-order valence-corrected chi connectivity index (χ4v) is 1.80. The van der Waals surface area contributed by atoms with Crippen LogP contribution in [0, 0.1) is 0 Å². The van der Waals surface area contributed by atoms with E-state index in [-0.39, 0.29) is 0 Å². The third-order valence-electron chi connectivity index (χ3n) is 2.86. The van der Waals surface area contributed by atoms with E-state index in [2.05, 4.69) is 18.6 Å². The monoisotopic (exact) mass is 260 g/mol. The topological polar surface area (TPSA) is 29.5 Å². The predicted molar refractivity (Wildman–Crippen MR) is 80.8 cm³/mol. The molecule has 0 spiro atoms. The van der Waals surface area contributed by atoms with Gasteiger partial charge in [-0.2, -0.15) is 0 Å². The minimum atomic E-state index is -0.602. The third kappa shape index (κ3) is 24.9. The van der Waals surface area contributed by atoms with Crippen molar-refractivity contribution in [3.63, 3.8) is 0 Å². The zero-order valence-corrected chi connectivity index (χ0v) is 13.2. The van der Waals surface area contributed by atoms with Gasteiger partial charge in [0.25, 0.3) is 0 Å². The summed E-state index contributed by atoms with van der Waals surface area (Å²) >= 11 is 0. The van der Waals surface area contributed by atoms with Gasteiger partial charge in [0.2, 0.25) is 0 Å². The molecule has 0 aliphatic heterocycles. The van der Waals surface area contributed by atoms with Crippen molar-refractivity contribution in [2.45, 2.75) is 98.2 Å². The zero-order chi connectivity index (χ0) is 14.1. The standard InChI is InChI=1S/C12H26.C4H10O2/c1-3-5-7-9-11-12-10-8-6-4-2;1-3-6-4(2)5/h3-12H2,1-2H3;4-5H,3H2,1-2H3. The zero-order valence-electron chi connectivity index (χ0n) is 13.2. The van der Waals surface area contributed by atoms with Gasteiger partial charge in [0.05, 0.1) is 0 Å². The first-order chi connectivity index (χ1) is 8.68. The van der Waals surface area contributed by atoms with Crippen LogP contribution in [0.4, 0.5) is 0 Å². The van der Waals surface area contributed by atoms with E-state index in [1.165, 1.54) is 64.2 Å². The van der Waals surface area contributed by atoms with E-state index < -0.39 is 6.29 Å². The van der Waals surface area contributed by atoms with Crippen LogP contribution in [0.25, 0.3) is 0 Å². The molecular weight excluding hydrogens is 224 g/mol. The maximum Gasteiger partial charge on any atom is 0.151 e. The Balaban J connectivity index is 0. The summed E-state index contributed by atoms with van der Waals surface area (Å²) in [5.41, 5.74) is 0. The van der Waals surface area contributed by atoms with E-state index >= 15 is 0 Å². The molecule has 0 bridgehead atoms. The molecule has 2 nitrogen and oxygen atoms in total. The summed E-state index contributed by atoms with van der Waals surface area (Å²) in [5, 5.41) is 8.33. The molecule has 0 aromatic rings. The summed E-state index contributed by atoms with van der Waals surface area (Å²) in [5.74, 6) is 0. The first-order valence-electron chi connectivity index (χ1n) is 7.98. The molecule has 0 aliphatic rings. The molecule has 2 heteroatoms. The molecule has 0 radical (unpaired) electrons. The first kappa shape index (κ1) is 20.2. The molecule has 1 unspecified atom stereocenters. The lowest BCUT2D eigenvalue weighted by atomic mass is 10.1. The van der Waals surface area contributed by atoms with Gasteiger partial charge in [-0.15, -0.1) is 0 Å². The van der Waals surface area contributed by atoms with Gasteiger partial charge in [-0.25, -0.2) is 0 Å². The Labute approximate surface area is 115 Å². The predicted octanol–water partition coefficient (Wildman–Crippen LogP) is 5.29. The van der Waals surface area contributed by atoms with Crippen LogP contribution < -0.4 is 0 Å². The molecular formula is C16H36O2. The van der Waals surface area contributed by atoms with E-state index in [1.54, 1.807) is 6.92 Å². The molecule has 0 aliphatic carbocycles. The highest BCUT2D eigenvalue weighted by atomic mass is 16.6. The van der Waals surface area contributed by atoms with Crippen LogP contribution >= 0.6 is 0 Å². The molecule has 0 aromatic carbocycles. The average Bonchev–Trinajstić information content (AvgIpc) is 2.33. The van der Waals surface area contributed by atoms with Gasteiger partial charge in [-0.1, -0.05) is 78.1 Å². The largest absolute Gasteiger partial charge is 0.368 e. The molecule has 1 N–H and O–H groups in total. The summed E-state index contributed by atoms with van der Waals surface area (Å²) in [4.78, 5) is 0. The van der Waals surface area contributed by atoms with E-state index in [0.29, 0.717) is 6.61 Å². The normalized spacial score (nSPS) is 11.8. The van der Waals surface area contributed by atoms with Crippen molar-refractivity contribution in [2.24, 2.45) is 0 Å². The van der Waals surface area contributed by atoms with Crippen molar-refractivity contribution in [1.82, 2.24) is 0 Å². The van der Waals surface area contributed by atoms with Crippen LogP contribution in [0.5, 0.6) is 0 Å². The van der Waals surface area contributed by atoms with Crippen molar-refractivity contribution in [2.75, 3.05) is 6.61 Å². The Bertz CT molecular complexity index is 114. The molecule has 112 valence electrons. The number of hydrogen-bond donors (Lipinski definition) is 1. The van der Waals surface area contributed by atoms with Crippen LogP contribution in [0.1, 0.15) is 91.9 Å². The second-order valence-electron chi connectivity index (χ2n) is 4.88. The number of aliphatic hydroxyl groups is 1. The number of hydrogen-bond acceptors (Lipinski definition) is 2. The van der Waals surface area contributed by atoms with Crippen LogP contribution in [-0.4, -0.2) is 18.0 Å². The fraction of sp³-hybridized carbons (Fsp3) is 1.00. The van der Waals surface area contributed by atoms with Gasteiger partial charge in [0.1, 0.15) is 0 Å². The Hall–Kier alpha value is -0.0800. The summed E-state index contributed by atoms with van der Waals surface area (Å²) in [7, 11) is 0. The summed E-state index contributed by atoms with van der Waals surface area (Å²) in [6, 6.07) is 0. The minimum Gasteiger partial charge on any atom is -0.368 e. The minimum absolute atomic E-state index is 0.581. The second kappa shape index (κ2) is 19.3. The van der Waals surface area contributed by atoms with Gasteiger partial charge in [-0.05, 0) is 13.8 Å². The van der Waals surface area contributed by atoms with Crippen LogP contribution in [0.3, 0.4) is 0 Å². The lowest BCUT2D eigenvalue weighted by Gasteiger charge is -1.99. The fourth-order valence-electron chi connectivity index (χ4n) is 1.80. The van der Waals surface area contributed by atoms with E-state index in [9.17, 15) is 0 Å². The highest BCUT2D eigenvalue weighted by Crippen LogP contribution is 2.09. The van der Waals surface area contributed by atoms with Crippen molar-refractivity contribution in [3.8, 4) is 0 Å². The van der Waals surface area contributed by atoms with Gasteiger partial charge in [-0.3, -0.25) is 0 Å². The number of aliphatic hydroxyl groups excluding tert-OH is 1. The van der Waals surface area contributed by atoms with Crippen LogP contribution in [0.15, 0.2) is 0 Å². The maximum atomic E-state index is 8.33. The lowest BCUT2D eigenvalue weighted by Crippen LogP contribution is -2.04. The van der Waals surface area contributed by atoms with Crippen molar-refractivity contribution in [1.29, 1.82) is 0 Å². The number of unbranched alkanes of at least 4 members (excludes halogenated alkanes) is 9. The highest BCUT2D eigenvalue weighted by molar-refractivity contribution is 4.45. The Morgan fingerprint density at radius 1 is 0.722 bits per heavy atom. The summed E-state index contributed by atoms with van der Waals surface area (Å²) in [6.07, 6.45) is 13.8. The molecule has 18 heavy (non-hydrogen) atoms. The van der Waals surface area contributed by atoms with Crippen LogP contribution in [0.2, 0.25) is 0 Å². The van der Waals surface area contributed by atoms with Crippen molar-refractivity contribution >= 4 is 0 Å². The van der Waals surface area contributed by atoms with Gasteiger partial charge in [0.15, 0.2) is 6.29 Å². The van der Waals surface area contributed by atoms with E-state index in [0.717, 1.165) is 0 Å². The summed E-state index contributed by atoms with van der Waals surface area (Å²) in [6.45, 7) is 8.57. The third-order valence-corrected chi connectivity index (χ3v) is 2.86. The molecule has 0 rings (SSSR count). The van der Waals surface area contributed by atoms with Crippen LogP contribution in [-0.2, 0) is 4.74 Å². The first-order valence-corrected chi connectivity index (χ1v) is 7.98. The lowest BCUT2D eigenvalue weighted by molar-refractivity contribution is -0.0800. The number of ether oxygens (including phenoxy) is 1. The number of rotatable bonds is 11. The van der Waals surface area contributed by atoms with E-state index in [1.807, 2.05) is 6.92 Å². The smallest absolute Gasteiger partial charge is 0.151 e. The molecule has 0 saturated carbocycles. The molecule has 1 atom stereocenters. The van der Waals surface area contributed by atoms with Crippen molar-refractivity contribution < 1.29 is 9.84 Å². The second-order valence-corrected chi connectivity index (χ2v) is 4.88. The van der Waals surface area contributed by atoms with Gasteiger partial charge < -0.3 is 9.84 Å².